The molecule has 0 saturated carbocycles. The van der Waals surface area contributed by atoms with E-state index in [-0.39, 0.29) is 5.25 Å². The highest BCUT2D eigenvalue weighted by molar-refractivity contribution is 7.92. The van der Waals surface area contributed by atoms with E-state index < -0.39 is 9.84 Å². The lowest BCUT2D eigenvalue weighted by Crippen LogP contribution is -2.40. The molecular formula is C10H21NO2S. The molecule has 1 aliphatic heterocycles. The molecular weight excluding hydrogens is 198 g/mol. The van der Waals surface area contributed by atoms with E-state index >= 15 is 0 Å². The molecule has 0 spiro atoms. The first-order valence-electron chi connectivity index (χ1n) is 5.51. The van der Waals surface area contributed by atoms with Crippen molar-refractivity contribution < 1.29 is 8.42 Å². The van der Waals surface area contributed by atoms with Gasteiger partial charge < -0.3 is 5.32 Å². The van der Waals surface area contributed by atoms with Crippen LogP contribution in [0.2, 0.25) is 0 Å². The zero-order chi connectivity index (χ0) is 10.6. The van der Waals surface area contributed by atoms with Crippen LogP contribution in [-0.2, 0) is 9.84 Å². The first-order valence-corrected chi connectivity index (χ1v) is 7.22. The summed E-state index contributed by atoms with van der Waals surface area (Å²) in [6.07, 6.45) is 3.80. The lowest BCUT2D eigenvalue weighted by Gasteiger charge is -2.24. The third-order valence-electron chi connectivity index (χ3n) is 3.02. The van der Waals surface area contributed by atoms with E-state index in [0.717, 1.165) is 25.7 Å². The van der Waals surface area contributed by atoms with Crippen LogP contribution in [0, 0.1) is 0 Å². The SMILES string of the molecule is CCC(C)NCC1CCCCS1(=O)=O. The molecule has 3 nitrogen and oxygen atoms in total. The van der Waals surface area contributed by atoms with Gasteiger partial charge in [-0.2, -0.15) is 0 Å². The Hall–Kier alpha value is -0.0900. The van der Waals surface area contributed by atoms with Crippen molar-refractivity contribution in [2.45, 2.75) is 50.8 Å². The van der Waals surface area contributed by atoms with Crippen molar-refractivity contribution in [1.29, 1.82) is 0 Å². The van der Waals surface area contributed by atoms with Gasteiger partial charge in [0.1, 0.15) is 0 Å². The van der Waals surface area contributed by atoms with Gasteiger partial charge >= 0.3 is 0 Å². The van der Waals surface area contributed by atoms with Gasteiger partial charge in [0.05, 0.1) is 11.0 Å². The lowest BCUT2D eigenvalue weighted by molar-refractivity contribution is 0.484. The second-order valence-electron chi connectivity index (χ2n) is 4.20. The van der Waals surface area contributed by atoms with Gasteiger partial charge in [0.25, 0.3) is 0 Å². The average Bonchev–Trinajstić information content (AvgIpc) is 2.15. The fraction of sp³-hybridized carbons (Fsp3) is 1.00. The molecule has 1 rings (SSSR count). The zero-order valence-corrected chi connectivity index (χ0v) is 9.94. The van der Waals surface area contributed by atoms with Gasteiger partial charge in [-0.25, -0.2) is 8.42 Å². The third kappa shape index (κ3) is 3.24. The van der Waals surface area contributed by atoms with E-state index in [4.69, 9.17) is 0 Å². The van der Waals surface area contributed by atoms with Crippen LogP contribution in [0.25, 0.3) is 0 Å². The molecule has 2 atom stereocenters. The van der Waals surface area contributed by atoms with Gasteiger partial charge in [0, 0.05) is 12.6 Å². The molecule has 2 unspecified atom stereocenters. The van der Waals surface area contributed by atoms with Crippen molar-refractivity contribution in [2.75, 3.05) is 12.3 Å². The molecule has 0 aliphatic carbocycles. The monoisotopic (exact) mass is 219 g/mol. The minimum atomic E-state index is -2.79. The van der Waals surface area contributed by atoms with Crippen LogP contribution in [0.5, 0.6) is 0 Å². The van der Waals surface area contributed by atoms with E-state index in [1.165, 1.54) is 0 Å². The van der Waals surface area contributed by atoms with Crippen LogP contribution < -0.4 is 5.32 Å². The highest BCUT2D eigenvalue weighted by Crippen LogP contribution is 2.18. The van der Waals surface area contributed by atoms with E-state index in [9.17, 15) is 8.42 Å². The summed E-state index contributed by atoms with van der Waals surface area (Å²) in [5, 5.41) is 3.14. The molecule has 0 bridgehead atoms. The Morgan fingerprint density at radius 1 is 1.43 bits per heavy atom. The molecule has 1 aliphatic rings. The summed E-state index contributed by atoms with van der Waals surface area (Å²) < 4.78 is 23.3. The Balaban J connectivity index is 2.42. The first-order chi connectivity index (χ1) is 6.56. The van der Waals surface area contributed by atoms with E-state index in [1.807, 2.05) is 0 Å². The summed E-state index contributed by atoms with van der Waals surface area (Å²) in [6, 6.07) is 0.423. The van der Waals surface area contributed by atoms with Gasteiger partial charge in [-0.1, -0.05) is 13.3 Å². The van der Waals surface area contributed by atoms with E-state index in [2.05, 4.69) is 19.2 Å². The van der Waals surface area contributed by atoms with Crippen LogP contribution in [-0.4, -0.2) is 32.0 Å². The molecule has 1 fully saturated rings. The zero-order valence-electron chi connectivity index (χ0n) is 9.12. The maximum Gasteiger partial charge on any atom is 0.154 e. The minimum absolute atomic E-state index is 0.134. The molecule has 14 heavy (non-hydrogen) atoms. The van der Waals surface area contributed by atoms with Crippen molar-refractivity contribution in [3.05, 3.63) is 0 Å². The Morgan fingerprint density at radius 3 is 2.71 bits per heavy atom. The molecule has 1 N–H and O–H groups in total. The van der Waals surface area contributed by atoms with Crippen LogP contribution in [0.4, 0.5) is 0 Å². The predicted octanol–water partition coefficient (Wildman–Crippen LogP) is 1.34. The van der Waals surface area contributed by atoms with Crippen molar-refractivity contribution in [3.8, 4) is 0 Å². The molecule has 84 valence electrons. The van der Waals surface area contributed by atoms with Crippen LogP contribution in [0.3, 0.4) is 0 Å². The van der Waals surface area contributed by atoms with Gasteiger partial charge in [-0.05, 0) is 26.2 Å². The summed E-state index contributed by atoms with van der Waals surface area (Å²) in [5.41, 5.74) is 0. The van der Waals surface area contributed by atoms with Crippen molar-refractivity contribution in [2.24, 2.45) is 0 Å². The molecule has 1 heterocycles. The third-order valence-corrected chi connectivity index (χ3v) is 5.29. The predicted molar refractivity (Wildman–Crippen MR) is 59.2 cm³/mol. The first kappa shape index (κ1) is 12.0. The topological polar surface area (TPSA) is 46.2 Å². The molecule has 0 aromatic heterocycles. The fourth-order valence-electron chi connectivity index (χ4n) is 1.73. The van der Waals surface area contributed by atoms with Crippen molar-refractivity contribution in [1.82, 2.24) is 5.32 Å². The molecule has 0 amide bonds. The highest BCUT2D eigenvalue weighted by Gasteiger charge is 2.28. The van der Waals surface area contributed by atoms with E-state index in [0.29, 0.717) is 18.3 Å². The fourth-order valence-corrected chi connectivity index (χ4v) is 3.54. The molecule has 0 aromatic carbocycles. The van der Waals surface area contributed by atoms with Crippen LogP contribution in [0.15, 0.2) is 0 Å². The lowest BCUT2D eigenvalue weighted by atomic mass is 10.2. The van der Waals surface area contributed by atoms with Gasteiger partial charge in [-0.15, -0.1) is 0 Å². The van der Waals surface area contributed by atoms with Crippen LogP contribution >= 0.6 is 0 Å². The van der Waals surface area contributed by atoms with Gasteiger partial charge in [0.15, 0.2) is 9.84 Å². The normalized spacial score (nSPS) is 28.6. The molecule has 1 saturated heterocycles. The van der Waals surface area contributed by atoms with Crippen LogP contribution in [0.1, 0.15) is 39.5 Å². The smallest absolute Gasteiger partial charge is 0.154 e. The maximum absolute atomic E-state index is 11.6. The summed E-state index contributed by atoms with van der Waals surface area (Å²) in [7, 11) is -2.79. The highest BCUT2D eigenvalue weighted by atomic mass is 32.2. The molecule has 4 heteroatoms. The number of nitrogens with one attached hydrogen (secondary N) is 1. The number of rotatable bonds is 4. The number of sulfone groups is 1. The Kier molecular flexibility index (Phi) is 4.38. The van der Waals surface area contributed by atoms with E-state index in [1.54, 1.807) is 0 Å². The van der Waals surface area contributed by atoms with Gasteiger partial charge in [-0.3, -0.25) is 0 Å². The number of hydrogen-bond acceptors (Lipinski definition) is 3. The second-order valence-corrected chi connectivity index (χ2v) is 6.60. The summed E-state index contributed by atoms with van der Waals surface area (Å²) in [6.45, 7) is 4.83. The second kappa shape index (κ2) is 5.12. The molecule has 0 aromatic rings. The molecule has 0 radical (unpaired) electrons. The standard InChI is InChI=1S/C10H21NO2S/c1-3-9(2)11-8-10-6-4-5-7-14(10,12)13/h9-11H,3-8H2,1-2H3. The summed E-state index contributed by atoms with van der Waals surface area (Å²) in [5.74, 6) is 0.389. The maximum atomic E-state index is 11.6. The Labute approximate surface area is 87.2 Å². The average molecular weight is 219 g/mol. The minimum Gasteiger partial charge on any atom is -0.313 e. The van der Waals surface area contributed by atoms with Crippen molar-refractivity contribution in [3.63, 3.8) is 0 Å². The Morgan fingerprint density at radius 2 is 2.14 bits per heavy atom. The quantitative estimate of drug-likeness (QED) is 0.776. The van der Waals surface area contributed by atoms with Gasteiger partial charge in [0.2, 0.25) is 0 Å². The number of hydrogen-bond donors (Lipinski definition) is 1. The largest absolute Gasteiger partial charge is 0.313 e. The Bertz CT molecular complexity index is 261. The summed E-state index contributed by atoms with van der Waals surface area (Å²) in [4.78, 5) is 0. The summed E-state index contributed by atoms with van der Waals surface area (Å²) >= 11 is 0. The van der Waals surface area contributed by atoms with Crippen molar-refractivity contribution >= 4 is 9.84 Å².